The van der Waals surface area contributed by atoms with Gasteiger partial charge in [0.2, 0.25) is 5.91 Å². The molecule has 0 radical (unpaired) electrons. The van der Waals surface area contributed by atoms with Gasteiger partial charge in [0.1, 0.15) is 6.04 Å². The van der Waals surface area contributed by atoms with Gasteiger partial charge in [0, 0.05) is 5.92 Å². The Bertz CT molecular complexity index is 807. The lowest BCUT2D eigenvalue weighted by Crippen LogP contribution is -2.71. The molecule has 3 heterocycles. The molecule has 2 saturated heterocycles. The second-order valence-electron chi connectivity index (χ2n) is 5.65. The summed E-state index contributed by atoms with van der Waals surface area (Å²) in [6, 6.07) is -0.788. The molecule has 0 spiro atoms. The maximum Gasteiger partial charge on any atom is 0.512 e. The van der Waals surface area contributed by atoms with Crippen molar-refractivity contribution in [2.45, 2.75) is 24.7 Å². The van der Waals surface area contributed by atoms with Crippen molar-refractivity contribution in [3.63, 3.8) is 0 Å². The van der Waals surface area contributed by atoms with E-state index in [0.29, 0.717) is 13.0 Å². The Balaban J connectivity index is 0.000000321. The first-order valence-corrected chi connectivity index (χ1v) is 8.96. The van der Waals surface area contributed by atoms with Gasteiger partial charge in [0.25, 0.3) is 5.88 Å². The highest BCUT2D eigenvalue weighted by Crippen LogP contribution is 2.47. The number of rotatable bonds is 3. The van der Waals surface area contributed by atoms with Crippen molar-refractivity contribution in [1.82, 2.24) is 10.2 Å². The highest BCUT2D eigenvalue weighted by Gasteiger charge is 2.62. The van der Waals surface area contributed by atoms with Gasteiger partial charge in [0.05, 0.1) is 12.3 Å². The summed E-state index contributed by atoms with van der Waals surface area (Å²) < 4.78 is 63.8. The zero-order valence-corrected chi connectivity index (χ0v) is 14.2. The molecule has 1 unspecified atom stereocenters. The summed E-state index contributed by atoms with van der Waals surface area (Å²) in [7, 11) is -3.84. The molecule has 3 aliphatic rings. The summed E-state index contributed by atoms with van der Waals surface area (Å²) in [6.45, 7) is 0.516. The van der Waals surface area contributed by atoms with Gasteiger partial charge in [-0.1, -0.05) is 0 Å². The molecule has 0 bridgehead atoms. The number of carboxylic acids is 1. The van der Waals surface area contributed by atoms with E-state index in [2.05, 4.69) is 10.1 Å². The van der Waals surface area contributed by atoms with Crippen LogP contribution in [0.5, 0.6) is 0 Å². The molecule has 0 aliphatic carbocycles. The Morgan fingerprint density at radius 3 is 2.30 bits per heavy atom. The van der Waals surface area contributed by atoms with Crippen molar-refractivity contribution in [3.05, 3.63) is 11.6 Å². The number of nitrogens with zero attached hydrogens (tertiary/aromatic N) is 1. The van der Waals surface area contributed by atoms with Crippen LogP contribution in [0.1, 0.15) is 6.42 Å². The SMILES string of the molecule is CS(=O)(=O)OC1=C(OC(=O)O)N2C(=O)[C@H]3NCCC1[C@H]32.O=C(O)C(F)(F)F. The number of piperidine rings is 1. The topological polar surface area (TPSA) is 160 Å². The Labute approximate surface area is 149 Å². The fourth-order valence-electron chi connectivity index (χ4n) is 2.94. The molecule has 15 heteroatoms. The fraction of sp³-hybridized carbons (Fsp3) is 0.583. The third-order valence-corrected chi connectivity index (χ3v) is 4.29. The molecule has 0 aromatic heterocycles. The molecule has 0 saturated carbocycles. The number of amides is 1. The zero-order chi connectivity index (χ0) is 20.7. The smallest absolute Gasteiger partial charge is 0.475 e. The molecule has 0 aromatic rings. The summed E-state index contributed by atoms with van der Waals surface area (Å²) in [4.78, 5) is 32.7. The number of nitrogens with one attached hydrogen (secondary N) is 1. The summed E-state index contributed by atoms with van der Waals surface area (Å²) in [5, 5.41) is 18.9. The quantitative estimate of drug-likeness (QED) is 0.314. The molecule has 152 valence electrons. The van der Waals surface area contributed by atoms with E-state index in [9.17, 15) is 31.2 Å². The summed E-state index contributed by atoms with van der Waals surface area (Å²) in [5.41, 5.74) is 0. The predicted molar refractivity (Wildman–Crippen MR) is 76.3 cm³/mol. The molecule has 3 rings (SSSR count). The van der Waals surface area contributed by atoms with Gasteiger partial charge in [-0.15, -0.1) is 0 Å². The lowest BCUT2D eigenvalue weighted by atomic mass is 9.82. The van der Waals surface area contributed by atoms with Crippen LogP contribution in [0, 0.1) is 5.92 Å². The van der Waals surface area contributed by atoms with E-state index in [4.69, 9.17) is 19.2 Å². The number of alkyl halides is 3. The first kappa shape index (κ1) is 20.8. The Hall–Kier alpha value is -2.55. The van der Waals surface area contributed by atoms with Gasteiger partial charge in [-0.3, -0.25) is 9.69 Å². The number of carbonyl (C=O) groups is 3. The number of β-lactam (4-membered cyclic amide) rings is 1. The maximum atomic E-state index is 11.9. The average Bonchev–Trinajstić information content (AvgIpc) is 2.77. The summed E-state index contributed by atoms with van der Waals surface area (Å²) in [6.07, 6.45) is -5.33. The van der Waals surface area contributed by atoms with Gasteiger partial charge in [-0.2, -0.15) is 21.6 Å². The minimum absolute atomic E-state index is 0.0998. The van der Waals surface area contributed by atoms with Crippen molar-refractivity contribution in [2.75, 3.05) is 12.8 Å². The van der Waals surface area contributed by atoms with Gasteiger partial charge >= 0.3 is 28.4 Å². The standard InChI is InChI=1S/C10H12N2O7S.C2HF3O2/c1-20(16,17)19-7-4-2-3-11-5-6(4)12(8(5)13)9(7)18-10(14)15;3-2(4,5)1(6)7/h4-6,11H,2-3H2,1H3,(H,14,15);(H,6,7)/t4?,5-,6+;/m0./s1. The van der Waals surface area contributed by atoms with E-state index in [-0.39, 0.29) is 29.5 Å². The summed E-state index contributed by atoms with van der Waals surface area (Å²) in [5.74, 6) is -3.90. The third-order valence-electron chi connectivity index (χ3n) is 3.81. The largest absolute Gasteiger partial charge is 0.512 e. The van der Waals surface area contributed by atoms with Crippen LogP contribution in [0.15, 0.2) is 11.6 Å². The number of aliphatic carboxylic acids is 1. The molecule has 27 heavy (non-hydrogen) atoms. The molecule has 3 aliphatic heterocycles. The molecule has 3 N–H and O–H groups in total. The van der Waals surface area contributed by atoms with Crippen LogP contribution in [-0.4, -0.2) is 72.6 Å². The van der Waals surface area contributed by atoms with Crippen LogP contribution in [-0.2, 0) is 28.6 Å². The first-order chi connectivity index (χ1) is 12.2. The van der Waals surface area contributed by atoms with Crippen LogP contribution in [0.25, 0.3) is 0 Å². The van der Waals surface area contributed by atoms with E-state index in [1.54, 1.807) is 0 Å². The fourth-order valence-corrected chi connectivity index (χ4v) is 3.46. The number of halogens is 3. The average molecular weight is 418 g/mol. The van der Waals surface area contributed by atoms with Crippen molar-refractivity contribution in [3.8, 4) is 0 Å². The molecule has 3 atom stereocenters. The van der Waals surface area contributed by atoms with Gasteiger partial charge < -0.3 is 24.4 Å². The van der Waals surface area contributed by atoms with Crippen molar-refractivity contribution in [2.24, 2.45) is 5.92 Å². The Kier molecular flexibility index (Phi) is 5.29. The van der Waals surface area contributed by atoms with E-state index >= 15 is 0 Å². The maximum absolute atomic E-state index is 11.9. The minimum atomic E-state index is -5.08. The molecular formula is C12H13F3N2O9S. The normalized spacial score (nSPS) is 26.4. The number of ether oxygens (including phenoxy) is 1. The van der Waals surface area contributed by atoms with E-state index in [0.717, 1.165) is 11.2 Å². The number of hydrogen-bond acceptors (Lipinski definition) is 8. The third kappa shape index (κ3) is 4.24. The first-order valence-electron chi connectivity index (χ1n) is 7.15. The van der Waals surface area contributed by atoms with Crippen molar-refractivity contribution in [1.29, 1.82) is 0 Å². The predicted octanol–water partition coefficient (Wildman–Crippen LogP) is -0.338. The van der Waals surface area contributed by atoms with Crippen LogP contribution >= 0.6 is 0 Å². The van der Waals surface area contributed by atoms with Crippen LogP contribution < -0.4 is 5.32 Å². The Morgan fingerprint density at radius 2 is 1.85 bits per heavy atom. The van der Waals surface area contributed by atoms with Gasteiger partial charge in [-0.05, 0) is 13.0 Å². The molecular weight excluding hydrogens is 405 g/mol. The minimum Gasteiger partial charge on any atom is -0.475 e. The second-order valence-corrected chi connectivity index (χ2v) is 7.23. The number of carboxylic acid groups (broad SMARTS) is 2. The van der Waals surface area contributed by atoms with Crippen molar-refractivity contribution < 1.29 is 55.1 Å². The highest BCUT2D eigenvalue weighted by molar-refractivity contribution is 7.86. The van der Waals surface area contributed by atoms with Crippen molar-refractivity contribution >= 4 is 28.1 Å². The van der Waals surface area contributed by atoms with Crippen LogP contribution in [0.2, 0.25) is 0 Å². The van der Waals surface area contributed by atoms with Gasteiger partial charge in [0.15, 0.2) is 5.76 Å². The Morgan fingerprint density at radius 1 is 1.30 bits per heavy atom. The lowest BCUT2D eigenvalue weighted by molar-refractivity contribution is -0.192. The van der Waals surface area contributed by atoms with E-state index < -0.39 is 34.5 Å². The molecule has 0 aromatic carbocycles. The second kappa shape index (κ2) is 6.88. The monoisotopic (exact) mass is 418 g/mol. The van der Waals surface area contributed by atoms with Gasteiger partial charge in [-0.25, -0.2) is 9.59 Å². The molecule has 2 fully saturated rings. The number of carbonyl (C=O) groups excluding carboxylic acids is 1. The number of hydrogen-bond donors (Lipinski definition) is 3. The van der Waals surface area contributed by atoms with Crippen LogP contribution in [0.3, 0.4) is 0 Å². The molecule has 1 amide bonds. The summed E-state index contributed by atoms with van der Waals surface area (Å²) >= 11 is 0. The lowest BCUT2D eigenvalue weighted by Gasteiger charge is -2.47. The van der Waals surface area contributed by atoms with E-state index in [1.165, 1.54) is 0 Å². The highest BCUT2D eigenvalue weighted by atomic mass is 32.2. The zero-order valence-electron chi connectivity index (χ0n) is 13.4. The molecule has 11 nitrogen and oxygen atoms in total. The van der Waals surface area contributed by atoms with Crippen LogP contribution in [0.4, 0.5) is 18.0 Å². The van der Waals surface area contributed by atoms with E-state index in [1.807, 2.05) is 0 Å².